The van der Waals surface area contributed by atoms with Crippen molar-refractivity contribution in [1.29, 1.82) is 0 Å². The molecule has 4 nitrogen and oxygen atoms in total. The molecule has 11 rings (SSSR count). The molecule has 0 aliphatic heterocycles. The molecule has 0 aliphatic carbocycles. The van der Waals surface area contributed by atoms with Gasteiger partial charge < -0.3 is 9.13 Å². The summed E-state index contributed by atoms with van der Waals surface area (Å²) in [6.45, 7) is 0. The molecule has 58 heavy (non-hydrogen) atoms. The van der Waals surface area contributed by atoms with E-state index in [-0.39, 0.29) is 0 Å². The van der Waals surface area contributed by atoms with Crippen molar-refractivity contribution in [3.8, 4) is 56.4 Å². The minimum Gasteiger partial charge on any atom is -0.309 e. The van der Waals surface area contributed by atoms with E-state index >= 15 is 0 Å². The molecule has 0 bridgehead atoms. The van der Waals surface area contributed by atoms with Crippen LogP contribution in [-0.2, 0) is 0 Å². The summed E-state index contributed by atoms with van der Waals surface area (Å²) in [5.41, 5.74) is 14.0. The summed E-state index contributed by atoms with van der Waals surface area (Å²) in [4.78, 5) is 10.3. The van der Waals surface area contributed by atoms with Gasteiger partial charge in [-0.1, -0.05) is 141 Å². The third kappa shape index (κ3) is 5.96. The van der Waals surface area contributed by atoms with E-state index in [9.17, 15) is 0 Å². The number of halogens is 2. The lowest BCUT2D eigenvalue weighted by Gasteiger charge is -2.13. The van der Waals surface area contributed by atoms with Crippen LogP contribution >= 0.6 is 31.9 Å². The first kappa shape index (κ1) is 34.6. The normalized spacial score (nSPS) is 11.6. The Hall–Kier alpha value is -6.60. The van der Waals surface area contributed by atoms with Gasteiger partial charge in [-0.25, -0.2) is 9.97 Å². The minimum absolute atomic E-state index is 0.671. The number of aromatic nitrogens is 4. The first-order chi connectivity index (χ1) is 28.6. The molecule has 0 saturated carbocycles. The van der Waals surface area contributed by atoms with Crippen molar-refractivity contribution >= 4 is 75.5 Å². The number of hydrogen-bond donors (Lipinski definition) is 0. The summed E-state index contributed by atoms with van der Waals surface area (Å²) in [5, 5.41) is 4.89. The average molecular weight is 873 g/mol. The highest BCUT2D eigenvalue weighted by Gasteiger charge is 2.18. The Bertz CT molecular complexity index is 3280. The highest BCUT2D eigenvalue weighted by molar-refractivity contribution is 9.10. The number of rotatable bonds is 6. The second-order valence-corrected chi connectivity index (χ2v) is 16.4. The Balaban J connectivity index is 1.07. The second kappa shape index (κ2) is 14.1. The predicted octanol–water partition coefficient (Wildman–Crippen LogP) is 14.9. The zero-order valence-corrected chi connectivity index (χ0v) is 34.2. The second-order valence-electron chi connectivity index (χ2n) is 14.5. The molecule has 0 spiro atoms. The number of hydrogen-bond acceptors (Lipinski definition) is 2. The summed E-state index contributed by atoms with van der Waals surface area (Å²) >= 11 is 7.18. The molecule has 274 valence electrons. The Labute approximate surface area is 352 Å². The van der Waals surface area contributed by atoms with Crippen molar-refractivity contribution in [3.05, 3.63) is 203 Å². The molecule has 0 N–H and O–H groups in total. The van der Waals surface area contributed by atoms with Crippen LogP contribution in [0.4, 0.5) is 0 Å². The van der Waals surface area contributed by atoms with Crippen LogP contribution in [0.5, 0.6) is 0 Å². The fourth-order valence-corrected chi connectivity index (χ4v) is 8.86. The molecule has 0 fully saturated rings. The van der Waals surface area contributed by atoms with Crippen molar-refractivity contribution in [2.45, 2.75) is 0 Å². The zero-order chi connectivity index (χ0) is 38.7. The Morgan fingerprint density at radius 2 is 0.810 bits per heavy atom. The van der Waals surface area contributed by atoms with Gasteiger partial charge in [0, 0.05) is 58.6 Å². The SMILES string of the molecule is Brc1ccc(-c2cc(-c3ccc(Br)cc3)nc(-c3cccc(-n4c5ccccc5c5ccc(-c6ccc7c(c6)c6ccccc6n7-c6ccccc6)cc54)c3)n2)cc1. The molecular weight excluding hydrogens is 840 g/mol. The third-order valence-electron chi connectivity index (χ3n) is 11.1. The van der Waals surface area contributed by atoms with Crippen LogP contribution in [0.1, 0.15) is 0 Å². The molecular formula is C52H32Br2N4. The highest BCUT2D eigenvalue weighted by atomic mass is 79.9. The quantitative estimate of drug-likeness (QED) is 0.167. The van der Waals surface area contributed by atoms with Gasteiger partial charge in [0.25, 0.3) is 0 Å². The topological polar surface area (TPSA) is 35.6 Å². The van der Waals surface area contributed by atoms with E-state index in [0.717, 1.165) is 65.0 Å². The largest absolute Gasteiger partial charge is 0.309 e. The lowest BCUT2D eigenvalue weighted by molar-refractivity contribution is 1.16. The molecule has 0 radical (unpaired) electrons. The van der Waals surface area contributed by atoms with Crippen LogP contribution < -0.4 is 0 Å². The zero-order valence-electron chi connectivity index (χ0n) is 31.0. The number of benzene rings is 8. The van der Waals surface area contributed by atoms with Gasteiger partial charge in [0.1, 0.15) is 0 Å². The maximum atomic E-state index is 5.17. The fourth-order valence-electron chi connectivity index (χ4n) is 8.33. The summed E-state index contributed by atoms with van der Waals surface area (Å²) in [6.07, 6.45) is 0. The molecule has 0 amide bonds. The molecule has 3 aromatic heterocycles. The average Bonchev–Trinajstić information content (AvgIpc) is 3.79. The molecule has 6 heteroatoms. The van der Waals surface area contributed by atoms with Crippen LogP contribution in [0.15, 0.2) is 203 Å². The number of fused-ring (bicyclic) bond motifs is 6. The summed E-state index contributed by atoms with van der Waals surface area (Å²) in [6, 6.07) is 69.0. The molecule has 0 saturated heterocycles. The smallest absolute Gasteiger partial charge is 0.160 e. The van der Waals surface area contributed by atoms with Crippen molar-refractivity contribution in [2.24, 2.45) is 0 Å². The molecule has 0 aliphatic rings. The first-order valence-electron chi connectivity index (χ1n) is 19.2. The summed E-state index contributed by atoms with van der Waals surface area (Å²) < 4.78 is 6.79. The lowest BCUT2D eigenvalue weighted by Crippen LogP contribution is -1.98. The van der Waals surface area contributed by atoms with E-state index in [1.54, 1.807) is 0 Å². The van der Waals surface area contributed by atoms with Gasteiger partial charge in [-0.05, 0) is 96.1 Å². The molecule has 0 atom stereocenters. The molecule has 8 aromatic carbocycles. The van der Waals surface area contributed by atoms with Gasteiger partial charge in [-0.2, -0.15) is 0 Å². The van der Waals surface area contributed by atoms with Crippen molar-refractivity contribution in [1.82, 2.24) is 19.1 Å². The fraction of sp³-hybridized carbons (Fsp3) is 0. The van der Waals surface area contributed by atoms with E-state index in [4.69, 9.17) is 9.97 Å². The third-order valence-corrected chi connectivity index (χ3v) is 12.1. The van der Waals surface area contributed by atoms with Gasteiger partial charge in [0.05, 0.1) is 33.5 Å². The Morgan fingerprint density at radius 3 is 1.48 bits per heavy atom. The lowest BCUT2D eigenvalue weighted by atomic mass is 10.0. The number of nitrogens with zero attached hydrogens (tertiary/aromatic N) is 4. The molecule has 11 aromatic rings. The number of para-hydroxylation sites is 3. The van der Waals surface area contributed by atoms with Crippen LogP contribution in [0.2, 0.25) is 0 Å². The van der Waals surface area contributed by atoms with Crippen LogP contribution in [0.3, 0.4) is 0 Å². The van der Waals surface area contributed by atoms with Gasteiger partial charge >= 0.3 is 0 Å². The van der Waals surface area contributed by atoms with E-state index in [1.807, 2.05) is 0 Å². The summed E-state index contributed by atoms with van der Waals surface area (Å²) in [5.74, 6) is 0.671. The van der Waals surface area contributed by atoms with E-state index in [0.29, 0.717) is 5.82 Å². The Kier molecular flexibility index (Phi) is 8.42. The standard InChI is InChI=1S/C52H32Br2N4/c53-38-23-17-33(18-24-38)46-32-47(34-19-25-39(54)26-20-34)56-52(55-46)37-9-8-12-41(29-37)58-48-15-6-4-13-42(48)44-27-21-36(31-51(44)58)35-22-28-50-45(30-35)43-14-5-7-16-49(43)57(50)40-10-2-1-3-11-40/h1-32H. The van der Waals surface area contributed by atoms with Gasteiger partial charge in [-0.15, -0.1) is 0 Å². The monoisotopic (exact) mass is 870 g/mol. The maximum Gasteiger partial charge on any atom is 0.160 e. The van der Waals surface area contributed by atoms with E-state index < -0.39 is 0 Å². The van der Waals surface area contributed by atoms with Gasteiger partial charge in [0.2, 0.25) is 0 Å². The first-order valence-corrected chi connectivity index (χ1v) is 20.8. The molecule has 3 heterocycles. The Morgan fingerprint density at radius 1 is 0.310 bits per heavy atom. The van der Waals surface area contributed by atoms with Crippen LogP contribution in [0, 0.1) is 0 Å². The predicted molar refractivity (Wildman–Crippen MR) is 248 cm³/mol. The van der Waals surface area contributed by atoms with Crippen LogP contribution in [-0.4, -0.2) is 19.1 Å². The van der Waals surface area contributed by atoms with Crippen molar-refractivity contribution < 1.29 is 0 Å². The van der Waals surface area contributed by atoms with Gasteiger partial charge in [0.15, 0.2) is 5.82 Å². The highest BCUT2D eigenvalue weighted by Crippen LogP contribution is 2.39. The van der Waals surface area contributed by atoms with Crippen molar-refractivity contribution in [3.63, 3.8) is 0 Å². The van der Waals surface area contributed by atoms with E-state index in [2.05, 4.69) is 235 Å². The van der Waals surface area contributed by atoms with Crippen molar-refractivity contribution in [2.75, 3.05) is 0 Å². The maximum absolute atomic E-state index is 5.17. The molecule has 0 unspecified atom stereocenters. The van der Waals surface area contributed by atoms with Crippen LogP contribution in [0.25, 0.3) is 100 Å². The summed E-state index contributed by atoms with van der Waals surface area (Å²) in [7, 11) is 0. The van der Waals surface area contributed by atoms with Gasteiger partial charge in [-0.3, -0.25) is 0 Å². The minimum atomic E-state index is 0.671. The van der Waals surface area contributed by atoms with E-state index in [1.165, 1.54) is 38.1 Å².